The zero-order valence-electron chi connectivity index (χ0n) is 16.2. The lowest BCUT2D eigenvalue weighted by Crippen LogP contribution is -2.50. The summed E-state index contributed by atoms with van der Waals surface area (Å²) < 4.78 is 35.0. The molecule has 1 aliphatic heterocycles. The van der Waals surface area contributed by atoms with Crippen LogP contribution in [0.5, 0.6) is 5.75 Å². The molecule has 1 heterocycles. The van der Waals surface area contributed by atoms with Gasteiger partial charge in [-0.25, -0.2) is 12.7 Å². The van der Waals surface area contributed by atoms with Crippen LogP contribution in [0.1, 0.15) is 23.1 Å². The Kier molecular flexibility index (Phi) is 4.67. The molecule has 0 aromatic heterocycles. The maximum absolute atomic E-state index is 13.8. The van der Waals surface area contributed by atoms with Gasteiger partial charge in [-0.2, -0.15) is 0 Å². The Morgan fingerprint density at radius 2 is 1.48 bits per heavy atom. The van der Waals surface area contributed by atoms with E-state index in [0.29, 0.717) is 23.3 Å². The molecule has 0 N–H and O–H groups in total. The van der Waals surface area contributed by atoms with Crippen molar-refractivity contribution in [3.05, 3.63) is 89.5 Å². The van der Waals surface area contributed by atoms with Crippen LogP contribution in [0.4, 0.5) is 5.69 Å². The summed E-state index contributed by atoms with van der Waals surface area (Å²) in [5, 5.41) is 0. The summed E-state index contributed by atoms with van der Waals surface area (Å²) in [6.07, 6.45) is 0.555. The van der Waals surface area contributed by atoms with Crippen LogP contribution >= 0.6 is 0 Å². The van der Waals surface area contributed by atoms with Gasteiger partial charge in [0.15, 0.2) is 0 Å². The molecule has 0 bridgehead atoms. The maximum atomic E-state index is 13.8. The molecule has 6 heteroatoms. The van der Waals surface area contributed by atoms with Gasteiger partial charge in [0.1, 0.15) is 12.0 Å². The van der Waals surface area contributed by atoms with Crippen LogP contribution in [0, 0.1) is 13.8 Å². The highest BCUT2D eigenvalue weighted by atomic mass is 32.2. The molecule has 1 atom stereocenters. The molecule has 3 aromatic carbocycles. The van der Waals surface area contributed by atoms with E-state index in [0.717, 1.165) is 11.1 Å². The molecular formula is C23H21NO4S. The smallest absolute Gasteiger partial charge is 0.267 e. The first kappa shape index (κ1) is 19.2. The van der Waals surface area contributed by atoms with Crippen molar-refractivity contribution in [1.29, 1.82) is 0 Å². The predicted octanol–water partition coefficient (Wildman–Crippen LogP) is 4.33. The van der Waals surface area contributed by atoms with E-state index in [1.165, 1.54) is 4.31 Å². The van der Waals surface area contributed by atoms with E-state index < -0.39 is 15.7 Å². The predicted molar refractivity (Wildman–Crippen MR) is 111 cm³/mol. The summed E-state index contributed by atoms with van der Waals surface area (Å²) in [6, 6.07) is 21.0. The van der Waals surface area contributed by atoms with Crippen LogP contribution in [0.2, 0.25) is 0 Å². The lowest BCUT2D eigenvalue weighted by molar-refractivity contribution is -0.111. The minimum absolute atomic E-state index is 0.143. The van der Waals surface area contributed by atoms with E-state index in [9.17, 15) is 13.2 Å². The number of aldehydes is 1. The number of sulfonamides is 1. The highest BCUT2D eigenvalue weighted by Crippen LogP contribution is 2.51. The van der Waals surface area contributed by atoms with Crippen LogP contribution in [-0.2, 0) is 20.5 Å². The Morgan fingerprint density at radius 3 is 2.10 bits per heavy atom. The fraction of sp³-hybridized carbons (Fsp3) is 0.174. The van der Waals surface area contributed by atoms with Crippen molar-refractivity contribution in [2.75, 3.05) is 4.31 Å². The van der Waals surface area contributed by atoms with Crippen LogP contribution in [-0.4, -0.2) is 14.7 Å². The summed E-state index contributed by atoms with van der Waals surface area (Å²) in [6.45, 7) is 3.84. The number of benzene rings is 3. The quantitative estimate of drug-likeness (QED) is 0.591. The summed E-state index contributed by atoms with van der Waals surface area (Å²) in [4.78, 5) is 11.9. The van der Waals surface area contributed by atoms with Gasteiger partial charge in [-0.05, 0) is 38.1 Å². The minimum Gasteiger partial charge on any atom is -0.460 e. The fourth-order valence-electron chi connectivity index (χ4n) is 3.61. The zero-order chi connectivity index (χ0) is 20.6. The van der Waals surface area contributed by atoms with Gasteiger partial charge in [0.05, 0.1) is 17.0 Å². The first-order valence-electron chi connectivity index (χ1n) is 9.29. The standard InChI is InChI=1S/C23H21NO4S/c1-17-7-11-19(12-8-17)23(15-16-25)24(21-5-3-4-6-22(21)28-23)29(26,27)20-13-9-18(2)10-14-20/h3-14,16H,15H2,1-2H3. The van der Waals surface area contributed by atoms with Crippen molar-refractivity contribution in [2.24, 2.45) is 0 Å². The van der Waals surface area contributed by atoms with E-state index in [-0.39, 0.29) is 11.3 Å². The molecule has 0 spiro atoms. The Hall–Kier alpha value is -3.12. The summed E-state index contributed by atoms with van der Waals surface area (Å²) >= 11 is 0. The molecule has 4 rings (SSSR count). The molecule has 1 aliphatic rings. The van der Waals surface area contributed by atoms with Gasteiger partial charge in [0.2, 0.25) is 5.72 Å². The van der Waals surface area contributed by atoms with E-state index >= 15 is 0 Å². The van der Waals surface area contributed by atoms with Gasteiger partial charge in [0, 0.05) is 5.56 Å². The Labute approximate surface area is 170 Å². The molecule has 5 nitrogen and oxygen atoms in total. The van der Waals surface area contributed by atoms with Crippen molar-refractivity contribution in [2.45, 2.75) is 30.9 Å². The highest BCUT2D eigenvalue weighted by molar-refractivity contribution is 7.93. The molecule has 148 valence electrons. The highest BCUT2D eigenvalue weighted by Gasteiger charge is 2.53. The Bertz CT molecular complexity index is 1150. The number of anilines is 1. The van der Waals surface area contributed by atoms with E-state index in [4.69, 9.17) is 4.74 Å². The zero-order valence-corrected chi connectivity index (χ0v) is 17.0. The third-order valence-corrected chi connectivity index (χ3v) is 6.95. The van der Waals surface area contributed by atoms with E-state index in [1.807, 2.05) is 38.1 Å². The lowest BCUT2D eigenvalue weighted by atomic mass is 9.99. The first-order valence-corrected chi connectivity index (χ1v) is 10.7. The minimum atomic E-state index is -4.01. The van der Waals surface area contributed by atoms with Gasteiger partial charge in [0.25, 0.3) is 10.0 Å². The molecule has 0 amide bonds. The van der Waals surface area contributed by atoms with Crippen LogP contribution in [0.3, 0.4) is 0 Å². The lowest BCUT2D eigenvalue weighted by Gasteiger charge is -2.36. The van der Waals surface area contributed by atoms with Crippen molar-refractivity contribution < 1.29 is 17.9 Å². The molecule has 0 radical (unpaired) electrons. The maximum Gasteiger partial charge on any atom is 0.267 e. The molecule has 3 aromatic rings. The van der Waals surface area contributed by atoms with Crippen LogP contribution in [0.15, 0.2) is 77.7 Å². The average molecular weight is 407 g/mol. The van der Waals surface area contributed by atoms with E-state index in [1.54, 1.807) is 48.5 Å². The largest absolute Gasteiger partial charge is 0.460 e. The molecule has 0 fully saturated rings. The summed E-state index contributed by atoms with van der Waals surface area (Å²) in [5.74, 6) is 0.422. The number of hydrogen-bond acceptors (Lipinski definition) is 4. The van der Waals surface area contributed by atoms with Gasteiger partial charge < -0.3 is 9.53 Å². The van der Waals surface area contributed by atoms with Gasteiger partial charge in [-0.3, -0.25) is 0 Å². The topological polar surface area (TPSA) is 63.7 Å². The van der Waals surface area contributed by atoms with Gasteiger partial charge in [-0.1, -0.05) is 59.7 Å². The van der Waals surface area contributed by atoms with Crippen LogP contribution in [0.25, 0.3) is 0 Å². The second-order valence-electron chi connectivity index (χ2n) is 7.17. The number of para-hydroxylation sites is 2. The number of carbonyl (C=O) groups is 1. The SMILES string of the molecule is Cc1ccc(C2(CC=O)Oc3ccccc3N2S(=O)(=O)c2ccc(C)cc2)cc1. The molecule has 1 unspecified atom stereocenters. The van der Waals surface area contributed by atoms with Gasteiger partial charge >= 0.3 is 0 Å². The second-order valence-corrected chi connectivity index (χ2v) is 8.96. The van der Waals surface area contributed by atoms with E-state index in [2.05, 4.69) is 0 Å². The number of carbonyl (C=O) groups excluding carboxylic acids is 1. The fourth-order valence-corrected chi connectivity index (χ4v) is 5.32. The first-order chi connectivity index (χ1) is 13.9. The third-order valence-electron chi connectivity index (χ3n) is 5.11. The molecule has 0 aliphatic carbocycles. The third kappa shape index (κ3) is 3.09. The monoisotopic (exact) mass is 407 g/mol. The molecular weight excluding hydrogens is 386 g/mol. The number of fused-ring (bicyclic) bond motifs is 1. The number of nitrogens with zero attached hydrogens (tertiary/aromatic N) is 1. The number of aryl methyl sites for hydroxylation is 2. The summed E-state index contributed by atoms with van der Waals surface area (Å²) in [7, 11) is -4.01. The number of hydrogen-bond donors (Lipinski definition) is 0. The normalized spacial score (nSPS) is 18.2. The van der Waals surface area contributed by atoms with Crippen LogP contribution < -0.4 is 9.04 Å². The van der Waals surface area contributed by atoms with Crippen molar-refractivity contribution in [1.82, 2.24) is 0 Å². The van der Waals surface area contributed by atoms with Crippen molar-refractivity contribution in [3.8, 4) is 5.75 Å². The molecule has 29 heavy (non-hydrogen) atoms. The van der Waals surface area contributed by atoms with Crippen molar-refractivity contribution >= 4 is 22.0 Å². The average Bonchev–Trinajstić information content (AvgIpc) is 3.04. The second kappa shape index (κ2) is 7.04. The number of rotatable bonds is 5. The summed E-state index contributed by atoms with van der Waals surface area (Å²) in [5.41, 5.74) is 1.51. The Balaban J connectivity index is 1.98. The van der Waals surface area contributed by atoms with Gasteiger partial charge in [-0.15, -0.1) is 0 Å². The molecule has 0 saturated heterocycles. The Morgan fingerprint density at radius 1 is 0.897 bits per heavy atom. The van der Waals surface area contributed by atoms with Crippen molar-refractivity contribution in [3.63, 3.8) is 0 Å². The molecule has 0 saturated carbocycles. The number of ether oxygens (including phenoxy) is 1.